The number of carbonyl (C=O) groups is 1. The Morgan fingerprint density at radius 1 is 1.71 bits per heavy atom. The fourth-order valence-electron chi connectivity index (χ4n) is 0.813. The number of ether oxygens (including phenoxy) is 1. The number of rotatable bonds is 4. The first-order valence-corrected chi connectivity index (χ1v) is 5.22. The van der Waals surface area contributed by atoms with Crippen molar-refractivity contribution in [1.82, 2.24) is 0 Å². The first-order chi connectivity index (χ1) is 6.76. The molecule has 0 aromatic carbocycles. The Bertz CT molecular complexity index is 311. The molecule has 1 unspecified atom stereocenters. The summed E-state index contributed by atoms with van der Waals surface area (Å²) in [7, 11) is 0.758. The van der Waals surface area contributed by atoms with Gasteiger partial charge in [0.2, 0.25) is 0 Å². The van der Waals surface area contributed by atoms with Crippen LogP contribution < -0.4 is 0 Å². The van der Waals surface area contributed by atoms with Crippen LogP contribution in [0.15, 0.2) is 25.3 Å². The minimum absolute atomic E-state index is 0.139. The zero-order valence-electron chi connectivity index (χ0n) is 7.97. The van der Waals surface area contributed by atoms with Crippen LogP contribution in [0.4, 0.5) is 0 Å². The second kappa shape index (κ2) is 5.61. The van der Waals surface area contributed by atoms with Crippen LogP contribution in [-0.4, -0.2) is 19.7 Å². The van der Waals surface area contributed by atoms with Gasteiger partial charge < -0.3 is 4.74 Å². The van der Waals surface area contributed by atoms with Crippen molar-refractivity contribution in [3.63, 3.8) is 0 Å². The molecule has 1 aliphatic heterocycles. The summed E-state index contributed by atoms with van der Waals surface area (Å²) >= 11 is 0. The molecule has 1 heterocycles. The minimum atomic E-state index is -0.686. The zero-order chi connectivity index (χ0) is 10.4. The van der Waals surface area contributed by atoms with Gasteiger partial charge in [0, 0.05) is 5.41 Å². The standard InChI is InChI=1S/C7H11N3O3S/c1-3-13-7(11)4-6-5-14(9-8-6)10-12-2/h5H,3-4H2,1-2H3. The largest absolute Gasteiger partial charge is 0.466 e. The topological polar surface area (TPSA) is 72.6 Å². The highest BCUT2D eigenvalue weighted by Crippen LogP contribution is 2.16. The molecule has 0 aliphatic carbocycles. The highest BCUT2D eigenvalue weighted by molar-refractivity contribution is 7.88. The lowest BCUT2D eigenvalue weighted by atomic mass is 10.3. The molecule has 0 aromatic heterocycles. The van der Waals surface area contributed by atoms with Crippen LogP contribution in [0.1, 0.15) is 13.3 Å². The van der Waals surface area contributed by atoms with E-state index in [0.717, 1.165) is 0 Å². The van der Waals surface area contributed by atoms with E-state index in [1.54, 1.807) is 12.3 Å². The molecule has 0 saturated carbocycles. The van der Waals surface area contributed by atoms with Gasteiger partial charge in [0.15, 0.2) is 0 Å². The van der Waals surface area contributed by atoms with Crippen molar-refractivity contribution >= 4 is 16.8 Å². The van der Waals surface area contributed by atoms with E-state index in [1.807, 2.05) is 0 Å². The molecule has 6 nitrogen and oxygen atoms in total. The van der Waals surface area contributed by atoms with Crippen molar-refractivity contribution in [1.29, 1.82) is 0 Å². The Morgan fingerprint density at radius 3 is 3.14 bits per heavy atom. The van der Waals surface area contributed by atoms with Crippen molar-refractivity contribution in [3.8, 4) is 0 Å². The van der Waals surface area contributed by atoms with Gasteiger partial charge in [0.25, 0.3) is 0 Å². The van der Waals surface area contributed by atoms with E-state index in [9.17, 15) is 4.79 Å². The summed E-state index contributed by atoms with van der Waals surface area (Å²) in [5.41, 5.74) is 0.576. The Morgan fingerprint density at radius 2 is 2.50 bits per heavy atom. The molecule has 0 N–H and O–H groups in total. The molecule has 7 heteroatoms. The number of hydrogen-bond donors (Lipinski definition) is 0. The molecule has 0 radical (unpaired) electrons. The molecular weight excluding hydrogens is 206 g/mol. The predicted octanol–water partition coefficient (Wildman–Crippen LogP) is 1.53. The summed E-state index contributed by atoms with van der Waals surface area (Å²) in [6.07, 6.45) is 0.139. The van der Waals surface area contributed by atoms with Gasteiger partial charge in [0.05, 0.1) is 36.7 Å². The number of carbonyl (C=O) groups excluding carboxylic acids is 1. The molecule has 1 rings (SSSR count). The summed E-state index contributed by atoms with van der Waals surface area (Å²) in [6.45, 7) is 2.13. The fourth-order valence-corrected chi connectivity index (χ4v) is 1.65. The van der Waals surface area contributed by atoms with Gasteiger partial charge in [-0.15, -0.1) is 5.11 Å². The van der Waals surface area contributed by atoms with Crippen molar-refractivity contribution in [2.45, 2.75) is 13.3 Å². The molecule has 14 heavy (non-hydrogen) atoms. The van der Waals surface area contributed by atoms with E-state index in [4.69, 9.17) is 4.74 Å². The normalized spacial score (nSPS) is 19.9. The van der Waals surface area contributed by atoms with E-state index < -0.39 is 10.9 Å². The highest BCUT2D eigenvalue weighted by atomic mass is 32.2. The Balaban J connectivity index is 2.49. The maximum absolute atomic E-state index is 11.0. The second-order valence-electron chi connectivity index (χ2n) is 2.32. The van der Waals surface area contributed by atoms with Crippen LogP contribution in [-0.2, 0) is 25.2 Å². The predicted molar refractivity (Wildman–Crippen MR) is 51.0 cm³/mol. The molecule has 0 saturated heterocycles. The molecular formula is C7H11N3O3S. The summed E-state index contributed by atoms with van der Waals surface area (Å²) in [6, 6.07) is 0. The van der Waals surface area contributed by atoms with Crippen LogP contribution in [0.5, 0.6) is 0 Å². The Hall–Kier alpha value is -1.08. The zero-order valence-corrected chi connectivity index (χ0v) is 8.78. The molecule has 0 amide bonds. The molecule has 0 aromatic rings. The van der Waals surface area contributed by atoms with Gasteiger partial charge >= 0.3 is 5.97 Å². The van der Waals surface area contributed by atoms with Crippen LogP contribution >= 0.6 is 0 Å². The number of esters is 1. The monoisotopic (exact) mass is 217 g/mol. The van der Waals surface area contributed by atoms with Gasteiger partial charge in [-0.3, -0.25) is 4.79 Å². The van der Waals surface area contributed by atoms with Gasteiger partial charge in [-0.2, -0.15) is 0 Å². The average molecular weight is 217 g/mol. The SMILES string of the molecule is CCOC(=O)CC1=C/S(=N\OC)N=N1. The summed E-state index contributed by atoms with van der Waals surface area (Å²) < 4.78 is 12.2. The third-order valence-electron chi connectivity index (χ3n) is 1.28. The van der Waals surface area contributed by atoms with E-state index in [1.165, 1.54) is 7.11 Å². The van der Waals surface area contributed by atoms with E-state index in [2.05, 4.69) is 19.0 Å². The van der Waals surface area contributed by atoms with E-state index in [0.29, 0.717) is 12.3 Å². The molecule has 0 bridgehead atoms. The summed E-state index contributed by atoms with van der Waals surface area (Å²) in [4.78, 5) is 15.6. The second-order valence-corrected chi connectivity index (χ2v) is 3.46. The van der Waals surface area contributed by atoms with Crippen molar-refractivity contribution in [2.75, 3.05) is 13.7 Å². The fraction of sp³-hybridized carbons (Fsp3) is 0.571. The summed E-state index contributed by atoms with van der Waals surface area (Å²) in [5.74, 6) is -0.305. The van der Waals surface area contributed by atoms with Crippen LogP contribution in [0.2, 0.25) is 0 Å². The molecule has 1 atom stereocenters. The lowest BCUT2D eigenvalue weighted by Crippen LogP contribution is -2.03. The summed E-state index contributed by atoms with van der Waals surface area (Å²) in [5, 5.41) is 5.46. The van der Waals surface area contributed by atoms with Gasteiger partial charge in [0.1, 0.15) is 0 Å². The van der Waals surface area contributed by atoms with Crippen molar-refractivity contribution < 1.29 is 14.4 Å². The smallest absolute Gasteiger partial charge is 0.311 e. The number of hydrogen-bond acceptors (Lipinski definition) is 5. The molecule has 0 fully saturated rings. The van der Waals surface area contributed by atoms with Gasteiger partial charge in [-0.05, 0) is 6.92 Å². The number of nitrogens with zero attached hydrogens (tertiary/aromatic N) is 3. The van der Waals surface area contributed by atoms with E-state index >= 15 is 0 Å². The van der Waals surface area contributed by atoms with Crippen molar-refractivity contribution in [3.05, 3.63) is 11.1 Å². The molecule has 0 spiro atoms. The minimum Gasteiger partial charge on any atom is -0.466 e. The van der Waals surface area contributed by atoms with Crippen molar-refractivity contribution in [2.24, 2.45) is 14.2 Å². The first kappa shape index (κ1) is 11.0. The lowest BCUT2D eigenvalue weighted by Gasteiger charge is -1.97. The van der Waals surface area contributed by atoms with E-state index in [-0.39, 0.29) is 12.4 Å². The molecule has 78 valence electrons. The van der Waals surface area contributed by atoms with Gasteiger partial charge in [-0.25, -0.2) is 4.84 Å². The average Bonchev–Trinajstić information content (AvgIpc) is 2.53. The van der Waals surface area contributed by atoms with Gasteiger partial charge in [-0.1, -0.05) is 9.05 Å². The van der Waals surface area contributed by atoms with Crippen LogP contribution in [0, 0.1) is 0 Å². The maximum Gasteiger partial charge on any atom is 0.311 e. The first-order valence-electron chi connectivity index (χ1n) is 4.02. The highest BCUT2D eigenvalue weighted by Gasteiger charge is 2.11. The third-order valence-corrected chi connectivity index (χ3v) is 2.31. The lowest BCUT2D eigenvalue weighted by molar-refractivity contribution is -0.142. The van der Waals surface area contributed by atoms with Crippen LogP contribution in [0.3, 0.4) is 0 Å². The quantitative estimate of drug-likeness (QED) is 0.529. The molecule has 1 aliphatic rings. The Labute approximate surface area is 84.2 Å². The van der Waals surface area contributed by atoms with Crippen LogP contribution in [0.25, 0.3) is 0 Å². The Kier molecular flexibility index (Phi) is 4.41. The third kappa shape index (κ3) is 3.35. The maximum atomic E-state index is 11.0.